The minimum absolute atomic E-state index is 0.185. The lowest BCUT2D eigenvalue weighted by atomic mass is 10.0. The lowest BCUT2D eigenvalue weighted by Gasteiger charge is -2.14. The van der Waals surface area contributed by atoms with E-state index in [1.807, 2.05) is 17.7 Å². The fourth-order valence-electron chi connectivity index (χ4n) is 3.35. The summed E-state index contributed by atoms with van der Waals surface area (Å²) in [6.07, 6.45) is 1.76. The molecule has 30 heavy (non-hydrogen) atoms. The maximum atomic E-state index is 13.3. The largest absolute Gasteiger partial charge is 0.352 e. The molecule has 0 saturated heterocycles. The number of aryl methyl sites for hydroxylation is 2. The fourth-order valence-corrected chi connectivity index (χ4v) is 3.35. The number of pyridine rings is 1. The molecule has 1 aromatic carbocycles. The van der Waals surface area contributed by atoms with Gasteiger partial charge in [0.1, 0.15) is 5.82 Å². The van der Waals surface area contributed by atoms with E-state index >= 15 is 0 Å². The van der Waals surface area contributed by atoms with E-state index in [4.69, 9.17) is 4.52 Å². The zero-order valence-electron chi connectivity index (χ0n) is 17.0. The molecule has 0 radical (unpaired) electrons. The summed E-state index contributed by atoms with van der Waals surface area (Å²) in [5.41, 5.74) is 3.58. The highest BCUT2D eigenvalue weighted by molar-refractivity contribution is 6.07. The zero-order chi connectivity index (χ0) is 21.3. The number of fused-ring (bicyclic) bond motifs is 1. The van der Waals surface area contributed by atoms with E-state index in [9.17, 15) is 9.18 Å². The number of aromatic nitrogens is 4. The third kappa shape index (κ3) is 3.94. The molecule has 1 N–H and O–H groups in total. The van der Waals surface area contributed by atoms with Gasteiger partial charge in [0.05, 0.1) is 22.3 Å². The van der Waals surface area contributed by atoms with Crippen LogP contribution in [0.2, 0.25) is 0 Å². The summed E-state index contributed by atoms with van der Waals surface area (Å²) in [5, 5.41) is 11.8. The fraction of sp³-hybridized carbons (Fsp3) is 0.273. The molecular formula is C22H22FN5O2. The Bertz CT molecular complexity index is 1200. The molecule has 8 heteroatoms. The average molecular weight is 407 g/mol. The molecule has 0 bridgehead atoms. The van der Waals surface area contributed by atoms with Gasteiger partial charge in [0.25, 0.3) is 11.6 Å². The normalized spacial score (nSPS) is 12.3. The molecule has 0 fully saturated rings. The van der Waals surface area contributed by atoms with Gasteiger partial charge in [-0.3, -0.25) is 9.48 Å². The molecule has 0 saturated carbocycles. The maximum Gasteiger partial charge on any atom is 0.259 e. The molecule has 4 rings (SSSR count). The van der Waals surface area contributed by atoms with E-state index < -0.39 is 0 Å². The van der Waals surface area contributed by atoms with Gasteiger partial charge < -0.3 is 9.84 Å². The van der Waals surface area contributed by atoms with Crippen LogP contribution in [0.4, 0.5) is 4.39 Å². The molecule has 0 aliphatic heterocycles. The number of hydrogen-bond donors (Lipinski definition) is 1. The van der Waals surface area contributed by atoms with Crippen molar-refractivity contribution in [3.63, 3.8) is 0 Å². The van der Waals surface area contributed by atoms with Crippen molar-refractivity contribution < 1.29 is 13.7 Å². The molecule has 3 aromatic heterocycles. The van der Waals surface area contributed by atoms with Gasteiger partial charge in [0.2, 0.25) is 0 Å². The zero-order valence-corrected chi connectivity index (χ0v) is 17.0. The summed E-state index contributed by atoms with van der Waals surface area (Å²) in [4.78, 5) is 17.5. The molecule has 0 aliphatic rings. The second-order valence-electron chi connectivity index (χ2n) is 7.48. The summed E-state index contributed by atoms with van der Waals surface area (Å²) in [6, 6.07) is 9.57. The molecular weight excluding hydrogens is 385 g/mol. The number of carbonyl (C=O) groups is 1. The lowest BCUT2D eigenvalue weighted by Crippen LogP contribution is -2.30. The molecule has 154 valence electrons. The topological polar surface area (TPSA) is 85.8 Å². The Morgan fingerprint density at radius 2 is 2.00 bits per heavy atom. The quantitative estimate of drug-likeness (QED) is 0.524. The number of carbonyl (C=O) groups excluding carboxylic acids is 1. The Hall–Kier alpha value is -3.55. The van der Waals surface area contributed by atoms with Crippen molar-refractivity contribution in [1.82, 2.24) is 25.2 Å². The van der Waals surface area contributed by atoms with Gasteiger partial charge >= 0.3 is 0 Å². The second kappa shape index (κ2) is 8.06. The van der Waals surface area contributed by atoms with Crippen LogP contribution >= 0.6 is 0 Å². The molecule has 3 heterocycles. The van der Waals surface area contributed by atoms with Gasteiger partial charge in [0, 0.05) is 30.5 Å². The van der Waals surface area contributed by atoms with Crippen molar-refractivity contribution in [1.29, 1.82) is 0 Å². The van der Waals surface area contributed by atoms with Crippen LogP contribution in [0.1, 0.15) is 28.7 Å². The van der Waals surface area contributed by atoms with Gasteiger partial charge in [-0.25, -0.2) is 9.37 Å². The summed E-state index contributed by atoms with van der Waals surface area (Å²) >= 11 is 0. The summed E-state index contributed by atoms with van der Waals surface area (Å²) in [5.74, 6) is -0.388. The van der Waals surface area contributed by atoms with Crippen LogP contribution in [0.15, 0.2) is 47.1 Å². The van der Waals surface area contributed by atoms with E-state index in [-0.39, 0.29) is 23.4 Å². The molecule has 7 nitrogen and oxygen atoms in total. The van der Waals surface area contributed by atoms with Crippen LogP contribution in [0.5, 0.6) is 0 Å². The molecule has 0 spiro atoms. The highest BCUT2D eigenvalue weighted by atomic mass is 19.1. The number of amides is 1. The van der Waals surface area contributed by atoms with Crippen molar-refractivity contribution in [2.24, 2.45) is 5.92 Å². The van der Waals surface area contributed by atoms with E-state index in [0.29, 0.717) is 41.0 Å². The highest BCUT2D eigenvalue weighted by Gasteiger charge is 2.20. The van der Waals surface area contributed by atoms with E-state index in [2.05, 4.69) is 27.5 Å². The SMILES string of the molecule is Cc1noc2nc(-c3ccc(F)cc3)cc(C(=O)NCC(C)Cn3nccc3C)c12. The van der Waals surface area contributed by atoms with Gasteiger partial charge in [0.15, 0.2) is 0 Å². The van der Waals surface area contributed by atoms with Crippen LogP contribution in [0.3, 0.4) is 0 Å². The summed E-state index contributed by atoms with van der Waals surface area (Å²) in [6.45, 7) is 7.01. The molecule has 0 aliphatic carbocycles. The maximum absolute atomic E-state index is 13.3. The third-order valence-corrected chi connectivity index (χ3v) is 5.03. The van der Waals surface area contributed by atoms with E-state index in [1.165, 1.54) is 12.1 Å². The van der Waals surface area contributed by atoms with Crippen molar-refractivity contribution in [3.05, 3.63) is 65.4 Å². The Kier molecular flexibility index (Phi) is 5.31. The average Bonchev–Trinajstić information content (AvgIpc) is 3.31. The highest BCUT2D eigenvalue weighted by Crippen LogP contribution is 2.27. The monoisotopic (exact) mass is 407 g/mol. The van der Waals surface area contributed by atoms with Gasteiger partial charge in [-0.15, -0.1) is 0 Å². The Morgan fingerprint density at radius 1 is 1.23 bits per heavy atom. The van der Waals surface area contributed by atoms with E-state index in [0.717, 1.165) is 5.69 Å². The van der Waals surface area contributed by atoms with Crippen LogP contribution in [0, 0.1) is 25.6 Å². The third-order valence-electron chi connectivity index (χ3n) is 5.03. The van der Waals surface area contributed by atoms with Gasteiger partial charge in [-0.05, 0) is 56.2 Å². The smallest absolute Gasteiger partial charge is 0.259 e. The summed E-state index contributed by atoms with van der Waals surface area (Å²) < 4.78 is 20.5. The first-order valence-corrected chi connectivity index (χ1v) is 9.72. The number of nitrogens with zero attached hydrogens (tertiary/aromatic N) is 4. The standard InChI is InChI=1S/C22H22FN5O2/c1-13(12-28-14(2)8-9-25-28)11-24-21(29)18-10-19(16-4-6-17(23)7-5-16)26-22-20(18)15(3)27-30-22/h4-10,13H,11-12H2,1-3H3,(H,24,29). The molecule has 1 atom stereocenters. The Labute approximate surface area is 172 Å². The molecule has 4 aromatic rings. The minimum Gasteiger partial charge on any atom is -0.352 e. The summed E-state index contributed by atoms with van der Waals surface area (Å²) in [7, 11) is 0. The first-order chi connectivity index (χ1) is 14.4. The number of benzene rings is 1. The number of hydrogen-bond acceptors (Lipinski definition) is 5. The van der Waals surface area contributed by atoms with Crippen molar-refractivity contribution >= 4 is 17.0 Å². The Morgan fingerprint density at radius 3 is 2.70 bits per heavy atom. The predicted molar refractivity (Wildman–Crippen MR) is 110 cm³/mol. The van der Waals surface area contributed by atoms with Crippen molar-refractivity contribution in [3.8, 4) is 11.3 Å². The first kappa shape index (κ1) is 19.8. The number of halogens is 1. The van der Waals surface area contributed by atoms with Crippen LogP contribution in [-0.2, 0) is 6.54 Å². The number of nitrogens with one attached hydrogen (secondary N) is 1. The van der Waals surface area contributed by atoms with Crippen LogP contribution < -0.4 is 5.32 Å². The van der Waals surface area contributed by atoms with Crippen molar-refractivity contribution in [2.75, 3.05) is 6.54 Å². The van der Waals surface area contributed by atoms with Crippen molar-refractivity contribution in [2.45, 2.75) is 27.3 Å². The van der Waals surface area contributed by atoms with Gasteiger partial charge in [-0.1, -0.05) is 12.1 Å². The van der Waals surface area contributed by atoms with E-state index in [1.54, 1.807) is 31.3 Å². The number of rotatable bonds is 6. The lowest BCUT2D eigenvalue weighted by molar-refractivity contribution is 0.0948. The molecule has 1 amide bonds. The molecule has 1 unspecified atom stereocenters. The second-order valence-corrected chi connectivity index (χ2v) is 7.48. The Balaban J connectivity index is 1.58. The first-order valence-electron chi connectivity index (χ1n) is 9.72. The van der Waals surface area contributed by atoms with Gasteiger partial charge in [-0.2, -0.15) is 5.10 Å². The predicted octanol–water partition coefficient (Wildman–Crippen LogP) is 3.91. The van der Waals surface area contributed by atoms with Crippen LogP contribution in [-0.4, -0.2) is 32.4 Å². The minimum atomic E-state index is -0.338. The van der Waals surface area contributed by atoms with Crippen LogP contribution in [0.25, 0.3) is 22.4 Å².